The molecule has 9 nitrogen and oxygen atoms in total. The Morgan fingerprint density at radius 3 is 2.44 bits per heavy atom. The molecule has 1 saturated heterocycles. The number of fused-ring (bicyclic) bond motifs is 1. The van der Waals surface area contributed by atoms with Gasteiger partial charge in [-0.3, -0.25) is 9.19 Å². The quantitative estimate of drug-likeness (QED) is 0.601. The van der Waals surface area contributed by atoms with E-state index < -0.39 is 35.1 Å². The van der Waals surface area contributed by atoms with E-state index in [0.717, 1.165) is 18.8 Å². The number of aryl methyl sites for hydroxylation is 1. The third-order valence-electron chi connectivity index (χ3n) is 6.21. The van der Waals surface area contributed by atoms with Crippen molar-refractivity contribution in [3.8, 4) is 0 Å². The molecule has 182 valence electrons. The number of nitrogens with zero attached hydrogens (tertiary/aromatic N) is 5. The Balaban J connectivity index is 1.32. The van der Waals surface area contributed by atoms with E-state index in [1.165, 1.54) is 0 Å². The molecule has 2 aromatic rings. The zero-order chi connectivity index (χ0) is 23.9. The predicted molar refractivity (Wildman–Crippen MR) is 118 cm³/mol. The van der Waals surface area contributed by atoms with Crippen molar-refractivity contribution < 1.29 is 26.9 Å². The molecule has 34 heavy (non-hydrogen) atoms. The minimum absolute atomic E-state index is 0.355. The van der Waals surface area contributed by atoms with E-state index in [2.05, 4.69) is 29.9 Å². The lowest BCUT2D eigenvalue weighted by atomic mass is 10.2. The van der Waals surface area contributed by atoms with Gasteiger partial charge in [0.15, 0.2) is 0 Å². The fourth-order valence-corrected chi connectivity index (χ4v) is 5.43. The number of carbonyl (C=O) groups excluding carboxylic acids is 1. The summed E-state index contributed by atoms with van der Waals surface area (Å²) in [6.45, 7) is 2.44. The maximum Gasteiger partial charge on any atom is 0.490 e. The molecule has 0 radical (unpaired) electrons. The van der Waals surface area contributed by atoms with Gasteiger partial charge in [-0.1, -0.05) is 0 Å². The van der Waals surface area contributed by atoms with Crippen LogP contribution in [0.5, 0.6) is 0 Å². The summed E-state index contributed by atoms with van der Waals surface area (Å²) in [6.07, 6.45) is 0.0393. The Morgan fingerprint density at radius 1 is 1.12 bits per heavy atom. The van der Waals surface area contributed by atoms with E-state index in [4.69, 9.17) is 0 Å². The van der Waals surface area contributed by atoms with Crippen molar-refractivity contribution in [2.75, 3.05) is 53.7 Å². The summed E-state index contributed by atoms with van der Waals surface area (Å²) < 4.78 is 54.7. The first-order valence-electron chi connectivity index (χ1n) is 11.0. The third kappa shape index (κ3) is 4.65. The number of esters is 1. The van der Waals surface area contributed by atoms with Gasteiger partial charge >= 0.3 is 12.1 Å². The monoisotopic (exact) mass is 496 g/mol. The highest BCUT2D eigenvalue weighted by atomic mass is 32.2. The third-order valence-corrected chi connectivity index (χ3v) is 7.67. The summed E-state index contributed by atoms with van der Waals surface area (Å²) in [7, 11) is -1.29. The molecule has 0 bridgehead atoms. The van der Waals surface area contributed by atoms with Crippen molar-refractivity contribution in [2.45, 2.75) is 35.9 Å². The van der Waals surface area contributed by atoms with Crippen molar-refractivity contribution in [3.63, 3.8) is 0 Å². The number of hydrogen-bond acceptors (Lipinski definition) is 9. The predicted octanol–water partition coefficient (Wildman–Crippen LogP) is 1.91. The molecule has 1 saturated carbocycles. The first-order valence-corrected chi connectivity index (χ1v) is 12.3. The van der Waals surface area contributed by atoms with Crippen LogP contribution in [0.3, 0.4) is 0 Å². The van der Waals surface area contributed by atoms with Crippen LogP contribution in [-0.2, 0) is 26.8 Å². The molecule has 1 N–H and O–H groups in total. The van der Waals surface area contributed by atoms with Crippen LogP contribution in [0.25, 0.3) is 0 Å². The average molecular weight is 497 g/mol. The fraction of sp³-hybridized carbons (Fsp3) is 0.524. The summed E-state index contributed by atoms with van der Waals surface area (Å²) in [5.41, 5.74) is 0.935. The van der Waals surface area contributed by atoms with Gasteiger partial charge in [-0.2, -0.15) is 18.2 Å². The Hall–Kier alpha value is -2.96. The number of alkyl halides is 3. The minimum atomic E-state index is -5.04. The maximum absolute atomic E-state index is 12.6. The molecule has 2 fully saturated rings. The molecule has 0 spiro atoms. The van der Waals surface area contributed by atoms with E-state index in [-0.39, 0.29) is 0 Å². The van der Waals surface area contributed by atoms with Crippen LogP contribution < -0.4 is 15.1 Å². The van der Waals surface area contributed by atoms with E-state index >= 15 is 0 Å². The molecule has 13 heteroatoms. The van der Waals surface area contributed by atoms with Crippen LogP contribution in [0.15, 0.2) is 29.4 Å². The molecule has 1 unspecified atom stereocenters. The van der Waals surface area contributed by atoms with E-state index in [0.29, 0.717) is 60.5 Å². The molecule has 0 amide bonds. The molecule has 2 aromatic heterocycles. The highest BCUT2D eigenvalue weighted by molar-refractivity contribution is 7.85. The van der Waals surface area contributed by atoms with Gasteiger partial charge < -0.3 is 19.9 Å². The fourth-order valence-electron chi connectivity index (χ4n) is 4.12. The smallest absolute Gasteiger partial charge is 0.457 e. The van der Waals surface area contributed by atoms with Gasteiger partial charge in [0.1, 0.15) is 17.3 Å². The van der Waals surface area contributed by atoms with Gasteiger partial charge in [-0.15, -0.1) is 0 Å². The number of aromatic nitrogens is 3. The van der Waals surface area contributed by atoms with E-state index in [1.54, 1.807) is 12.4 Å². The van der Waals surface area contributed by atoms with E-state index in [1.807, 2.05) is 17.0 Å². The average Bonchev–Trinajstić information content (AvgIpc) is 3.49. The van der Waals surface area contributed by atoms with Crippen LogP contribution in [0, 0.1) is 0 Å². The Labute approximate surface area is 196 Å². The second-order valence-electron chi connectivity index (χ2n) is 8.61. The van der Waals surface area contributed by atoms with Gasteiger partial charge in [-0.25, -0.2) is 9.78 Å². The Bertz CT molecular complexity index is 1100. The maximum atomic E-state index is 12.6. The SMILES string of the molecule is O=C(OCC1(Nc2nc(N3CCN(c4ccncc4)CC3)nc3c2S(=O)CC3)CC1)C(F)(F)F. The van der Waals surface area contributed by atoms with Crippen LogP contribution >= 0.6 is 0 Å². The molecule has 3 aliphatic rings. The first kappa shape index (κ1) is 22.8. The van der Waals surface area contributed by atoms with Gasteiger partial charge in [0.25, 0.3) is 0 Å². The number of ether oxygens (including phenoxy) is 1. The number of carbonyl (C=O) groups is 1. The van der Waals surface area contributed by atoms with Crippen LogP contribution in [-0.4, -0.2) is 75.4 Å². The molecule has 2 aliphatic heterocycles. The zero-order valence-corrected chi connectivity index (χ0v) is 19.0. The lowest BCUT2D eigenvalue weighted by Gasteiger charge is -2.36. The number of hydrogen-bond donors (Lipinski definition) is 1. The zero-order valence-electron chi connectivity index (χ0n) is 18.2. The highest BCUT2D eigenvalue weighted by Gasteiger charge is 2.48. The molecule has 1 aliphatic carbocycles. The number of nitrogens with one attached hydrogen (secondary N) is 1. The number of rotatable bonds is 6. The molecular formula is C21H23F3N6O3S. The second-order valence-corrected chi connectivity index (χ2v) is 10.1. The van der Waals surface area contributed by atoms with Gasteiger partial charge in [0, 0.05) is 56.4 Å². The Kier molecular flexibility index (Phi) is 5.82. The standard InChI is InChI=1S/C21H23F3N6O3S/c22-21(23,24)18(31)33-13-20(4-5-20)28-17-16-15(3-12-34(16)32)26-19(27-17)30-10-8-29(9-11-30)14-1-6-25-7-2-14/h1-2,6-7H,3-5,8-13H2,(H,26,27,28). The summed E-state index contributed by atoms with van der Waals surface area (Å²) >= 11 is 0. The lowest BCUT2D eigenvalue weighted by Crippen LogP contribution is -2.47. The van der Waals surface area contributed by atoms with E-state index in [9.17, 15) is 22.2 Å². The van der Waals surface area contributed by atoms with Crippen LogP contribution in [0.4, 0.5) is 30.6 Å². The van der Waals surface area contributed by atoms with Crippen LogP contribution in [0.1, 0.15) is 18.5 Å². The largest absolute Gasteiger partial charge is 0.490 e. The molecule has 5 rings (SSSR count). The van der Waals surface area contributed by atoms with Crippen molar-refractivity contribution in [1.82, 2.24) is 15.0 Å². The normalized spacial score (nSPS) is 21.2. The number of piperazine rings is 1. The lowest BCUT2D eigenvalue weighted by molar-refractivity contribution is -0.200. The minimum Gasteiger partial charge on any atom is -0.457 e. The summed E-state index contributed by atoms with van der Waals surface area (Å²) in [4.78, 5) is 29.3. The molecule has 1 atom stereocenters. The summed E-state index contributed by atoms with van der Waals surface area (Å²) in [6, 6.07) is 3.92. The Morgan fingerprint density at radius 2 is 1.79 bits per heavy atom. The number of anilines is 3. The van der Waals surface area contributed by atoms with Gasteiger partial charge in [-0.05, 0) is 25.0 Å². The summed E-state index contributed by atoms with van der Waals surface area (Å²) in [5.74, 6) is -0.941. The van der Waals surface area contributed by atoms with Crippen molar-refractivity contribution in [1.29, 1.82) is 0 Å². The number of halogens is 3. The molecule has 4 heterocycles. The molecular weight excluding hydrogens is 473 g/mol. The van der Waals surface area contributed by atoms with Gasteiger partial charge in [0.05, 0.1) is 22.0 Å². The van der Waals surface area contributed by atoms with Crippen LogP contribution in [0.2, 0.25) is 0 Å². The molecule has 0 aromatic carbocycles. The second kappa shape index (κ2) is 8.67. The highest BCUT2D eigenvalue weighted by Crippen LogP contribution is 2.42. The van der Waals surface area contributed by atoms with Crippen molar-refractivity contribution >= 4 is 34.2 Å². The van der Waals surface area contributed by atoms with Gasteiger partial charge in [0.2, 0.25) is 5.95 Å². The van der Waals surface area contributed by atoms with Crippen molar-refractivity contribution in [2.24, 2.45) is 0 Å². The topological polar surface area (TPSA) is 101 Å². The first-order chi connectivity index (χ1) is 16.2. The number of pyridine rings is 1. The van der Waals surface area contributed by atoms with Crippen molar-refractivity contribution in [3.05, 3.63) is 30.2 Å². The summed E-state index contributed by atoms with van der Waals surface area (Å²) in [5, 5.41) is 3.15.